The zero-order chi connectivity index (χ0) is 17.5. The van der Waals surface area contributed by atoms with E-state index >= 15 is 0 Å². The van der Waals surface area contributed by atoms with Crippen molar-refractivity contribution >= 4 is 23.2 Å². The number of nitrogens with zero attached hydrogens (tertiary/aromatic N) is 4. The number of carboxylic acids is 1. The van der Waals surface area contributed by atoms with Gasteiger partial charge in [-0.1, -0.05) is 13.8 Å². The smallest absolute Gasteiger partial charge is 0.311 e. The maximum atomic E-state index is 12.7. The average Bonchev–Trinajstić information content (AvgIpc) is 3.25. The van der Waals surface area contributed by atoms with E-state index in [-0.39, 0.29) is 18.4 Å². The van der Waals surface area contributed by atoms with Crippen molar-refractivity contribution in [3.05, 3.63) is 23.5 Å². The SMILES string of the molecule is CC(C)C1(C(=O)O)CCN(C(=O)c2csc(-c3cnn(C)c3)n2)C1. The number of hydrogen-bond acceptors (Lipinski definition) is 5. The van der Waals surface area contributed by atoms with Crippen LogP contribution in [0.3, 0.4) is 0 Å². The Kier molecular flexibility index (Phi) is 4.16. The molecule has 1 amide bonds. The first-order valence-corrected chi connectivity index (χ1v) is 8.68. The van der Waals surface area contributed by atoms with E-state index in [1.807, 2.05) is 27.1 Å². The Hall–Kier alpha value is -2.22. The first-order chi connectivity index (χ1) is 11.3. The van der Waals surface area contributed by atoms with E-state index in [0.29, 0.717) is 18.7 Å². The zero-order valence-electron chi connectivity index (χ0n) is 13.9. The minimum Gasteiger partial charge on any atom is -0.481 e. The van der Waals surface area contributed by atoms with E-state index in [1.165, 1.54) is 11.3 Å². The summed E-state index contributed by atoms with van der Waals surface area (Å²) in [5, 5.41) is 16.2. The summed E-state index contributed by atoms with van der Waals surface area (Å²) in [7, 11) is 1.82. The summed E-state index contributed by atoms with van der Waals surface area (Å²) >= 11 is 1.39. The quantitative estimate of drug-likeness (QED) is 0.914. The molecule has 1 fully saturated rings. The van der Waals surface area contributed by atoms with Crippen LogP contribution < -0.4 is 0 Å². The second-order valence-corrected chi connectivity index (χ2v) is 7.39. The highest BCUT2D eigenvalue weighted by molar-refractivity contribution is 7.13. The summed E-state index contributed by atoms with van der Waals surface area (Å²) in [6.07, 6.45) is 4.03. The van der Waals surface area contributed by atoms with Gasteiger partial charge < -0.3 is 10.0 Å². The molecule has 128 valence electrons. The number of rotatable bonds is 4. The lowest BCUT2D eigenvalue weighted by Gasteiger charge is -2.28. The van der Waals surface area contributed by atoms with Crippen molar-refractivity contribution in [2.24, 2.45) is 18.4 Å². The number of aryl methyl sites for hydroxylation is 1. The predicted molar refractivity (Wildman–Crippen MR) is 89.7 cm³/mol. The number of hydrogen-bond donors (Lipinski definition) is 1. The number of carbonyl (C=O) groups is 2. The van der Waals surface area contributed by atoms with Crippen molar-refractivity contribution in [2.75, 3.05) is 13.1 Å². The van der Waals surface area contributed by atoms with Crippen LogP contribution in [0.1, 0.15) is 30.8 Å². The molecule has 0 saturated carbocycles. The Morgan fingerprint density at radius 3 is 2.71 bits per heavy atom. The van der Waals surface area contributed by atoms with E-state index in [1.54, 1.807) is 21.2 Å². The molecule has 24 heavy (non-hydrogen) atoms. The second-order valence-electron chi connectivity index (χ2n) is 6.53. The fraction of sp³-hybridized carbons (Fsp3) is 0.500. The van der Waals surface area contributed by atoms with Gasteiger partial charge in [-0.05, 0) is 12.3 Å². The molecule has 0 spiro atoms. The molecule has 1 aliphatic heterocycles. The number of carbonyl (C=O) groups excluding carboxylic acids is 1. The third-order valence-electron chi connectivity index (χ3n) is 4.79. The van der Waals surface area contributed by atoms with Gasteiger partial charge in [0.2, 0.25) is 0 Å². The molecule has 0 aliphatic carbocycles. The fourth-order valence-corrected chi connectivity index (χ4v) is 3.87. The molecule has 8 heteroatoms. The number of aliphatic carboxylic acids is 1. The minimum absolute atomic E-state index is 0.0332. The van der Waals surface area contributed by atoms with Crippen molar-refractivity contribution in [3.8, 4) is 10.6 Å². The molecule has 3 heterocycles. The first-order valence-electron chi connectivity index (χ1n) is 7.81. The Labute approximate surface area is 143 Å². The van der Waals surface area contributed by atoms with Gasteiger partial charge in [0.15, 0.2) is 0 Å². The van der Waals surface area contributed by atoms with Crippen molar-refractivity contribution < 1.29 is 14.7 Å². The van der Waals surface area contributed by atoms with Gasteiger partial charge in [-0.25, -0.2) is 4.98 Å². The Morgan fingerprint density at radius 2 is 2.17 bits per heavy atom. The standard InChI is InChI=1S/C16H20N4O3S/c1-10(2)16(15(22)23)4-5-20(9-16)14(21)12-8-24-13(18-12)11-6-17-19(3)7-11/h6-8,10H,4-5,9H2,1-3H3,(H,22,23). The molecule has 7 nitrogen and oxygen atoms in total. The third-order valence-corrected chi connectivity index (χ3v) is 5.69. The summed E-state index contributed by atoms with van der Waals surface area (Å²) < 4.78 is 1.68. The van der Waals surface area contributed by atoms with Gasteiger partial charge in [-0.2, -0.15) is 5.10 Å². The number of carboxylic acid groups (broad SMARTS) is 1. The molecular formula is C16H20N4O3S. The van der Waals surface area contributed by atoms with Crippen LogP contribution in [0, 0.1) is 11.3 Å². The van der Waals surface area contributed by atoms with Gasteiger partial charge in [0, 0.05) is 37.3 Å². The molecule has 2 aromatic heterocycles. The third kappa shape index (κ3) is 2.71. The summed E-state index contributed by atoms with van der Waals surface area (Å²) in [5.74, 6) is -1.07. The van der Waals surface area contributed by atoms with E-state index in [0.717, 1.165) is 10.6 Å². The maximum Gasteiger partial charge on any atom is 0.311 e. The van der Waals surface area contributed by atoms with Crippen LogP contribution in [-0.2, 0) is 11.8 Å². The number of amides is 1. The van der Waals surface area contributed by atoms with Crippen molar-refractivity contribution in [3.63, 3.8) is 0 Å². The molecule has 0 aromatic carbocycles. The molecule has 1 N–H and O–H groups in total. The molecule has 1 unspecified atom stereocenters. The zero-order valence-corrected chi connectivity index (χ0v) is 14.7. The number of likely N-dealkylation sites (tertiary alicyclic amines) is 1. The van der Waals surface area contributed by atoms with Crippen LogP contribution in [0.2, 0.25) is 0 Å². The summed E-state index contributed by atoms with van der Waals surface area (Å²) in [4.78, 5) is 30.4. The summed E-state index contributed by atoms with van der Waals surface area (Å²) in [6.45, 7) is 4.47. The molecule has 1 saturated heterocycles. The molecule has 2 aromatic rings. The lowest BCUT2D eigenvalue weighted by molar-refractivity contribution is -0.150. The van der Waals surface area contributed by atoms with Crippen molar-refractivity contribution in [1.29, 1.82) is 0 Å². The van der Waals surface area contributed by atoms with Gasteiger partial charge in [0.05, 0.1) is 11.6 Å². The highest BCUT2D eigenvalue weighted by Gasteiger charge is 2.48. The molecule has 1 atom stereocenters. The topological polar surface area (TPSA) is 88.3 Å². The molecule has 0 bridgehead atoms. The largest absolute Gasteiger partial charge is 0.481 e. The van der Waals surface area contributed by atoms with Crippen LogP contribution in [0.4, 0.5) is 0 Å². The minimum atomic E-state index is -0.863. The summed E-state index contributed by atoms with van der Waals surface area (Å²) in [5.41, 5.74) is 0.367. The van der Waals surface area contributed by atoms with Gasteiger partial charge >= 0.3 is 5.97 Å². The lowest BCUT2D eigenvalue weighted by atomic mass is 9.76. The molecule has 1 aliphatic rings. The van der Waals surface area contributed by atoms with E-state index in [4.69, 9.17) is 0 Å². The van der Waals surface area contributed by atoms with Crippen LogP contribution in [0.25, 0.3) is 10.6 Å². The van der Waals surface area contributed by atoms with E-state index < -0.39 is 11.4 Å². The molecule has 3 rings (SSSR count). The molecule has 0 radical (unpaired) electrons. The van der Waals surface area contributed by atoms with Gasteiger partial charge in [0.1, 0.15) is 10.7 Å². The first kappa shape index (κ1) is 16.6. The second kappa shape index (κ2) is 6.01. The maximum absolute atomic E-state index is 12.7. The summed E-state index contributed by atoms with van der Waals surface area (Å²) in [6, 6.07) is 0. The monoisotopic (exact) mass is 348 g/mol. The van der Waals surface area contributed by atoms with Crippen molar-refractivity contribution in [1.82, 2.24) is 19.7 Å². The highest BCUT2D eigenvalue weighted by atomic mass is 32.1. The van der Waals surface area contributed by atoms with Gasteiger partial charge in [-0.3, -0.25) is 14.3 Å². The predicted octanol–water partition coefficient (Wildman–Crippen LogP) is 2.12. The highest BCUT2D eigenvalue weighted by Crippen LogP contribution is 2.38. The molecular weight excluding hydrogens is 328 g/mol. The van der Waals surface area contributed by atoms with Gasteiger partial charge in [0.25, 0.3) is 5.91 Å². The Balaban J connectivity index is 1.79. The Bertz CT molecular complexity index is 782. The average molecular weight is 348 g/mol. The van der Waals surface area contributed by atoms with Crippen LogP contribution in [0.15, 0.2) is 17.8 Å². The fourth-order valence-electron chi connectivity index (χ4n) is 3.10. The number of aromatic nitrogens is 3. The van der Waals surface area contributed by atoms with E-state index in [2.05, 4.69) is 10.1 Å². The van der Waals surface area contributed by atoms with Crippen LogP contribution in [-0.4, -0.2) is 49.7 Å². The van der Waals surface area contributed by atoms with Crippen LogP contribution in [0.5, 0.6) is 0 Å². The van der Waals surface area contributed by atoms with Gasteiger partial charge in [-0.15, -0.1) is 11.3 Å². The van der Waals surface area contributed by atoms with Crippen LogP contribution >= 0.6 is 11.3 Å². The van der Waals surface area contributed by atoms with Crippen molar-refractivity contribution in [2.45, 2.75) is 20.3 Å². The normalized spacial score (nSPS) is 20.8. The number of thiazole rings is 1. The Morgan fingerprint density at radius 1 is 1.42 bits per heavy atom. The van der Waals surface area contributed by atoms with E-state index in [9.17, 15) is 14.7 Å². The lowest BCUT2D eigenvalue weighted by Crippen LogP contribution is -2.40.